The largest absolute Gasteiger partial charge is 0.353 e. The molecule has 0 aromatic heterocycles. The molecule has 2 aliphatic rings. The third-order valence-corrected chi connectivity index (χ3v) is 6.25. The lowest BCUT2D eigenvalue weighted by molar-refractivity contribution is -0.123. The second-order valence-electron chi connectivity index (χ2n) is 7.65. The summed E-state index contributed by atoms with van der Waals surface area (Å²) in [6.45, 7) is 5.42. The summed E-state index contributed by atoms with van der Waals surface area (Å²) in [7, 11) is 5.49. The molecule has 3 amide bonds. The summed E-state index contributed by atoms with van der Waals surface area (Å²) in [5, 5.41) is 2.93. The van der Waals surface area contributed by atoms with Crippen LogP contribution in [0.2, 0.25) is 0 Å². The van der Waals surface area contributed by atoms with Gasteiger partial charge in [0.15, 0.2) is 0 Å². The molecular formula is C20H29N5O3S. The molecule has 2 aliphatic heterocycles. The van der Waals surface area contributed by atoms with Crippen LogP contribution in [0.25, 0.3) is 0 Å². The number of hydrogen-bond acceptors (Lipinski definition) is 6. The number of carbonyl (C=O) groups excluding carboxylic acids is 3. The number of anilines is 1. The van der Waals surface area contributed by atoms with Gasteiger partial charge in [0.2, 0.25) is 11.8 Å². The number of fused-ring (bicyclic) bond motifs is 1. The molecule has 1 aromatic carbocycles. The zero-order chi connectivity index (χ0) is 21.0. The van der Waals surface area contributed by atoms with E-state index in [-0.39, 0.29) is 24.3 Å². The fourth-order valence-electron chi connectivity index (χ4n) is 3.39. The topological polar surface area (TPSA) is 76.2 Å². The molecule has 0 aliphatic carbocycles. The predicted octanol–water partition coefficient (Wildman–Crippen LogP) is 0.191. The Morgan fingerprint density at radius 3 is 2.59 bits per heavy atom. The standard InChI is InChI=1S/C20H29N5O3S/c1-22(2)20(28)15-4-5-17-16(12-15)25(19(27)14-29-17)13-18(26)21-6-7-24-10-8-23(3)9-11-24/h4-5,12H,6-11,13-14H2,1-3H3,(H,21,26). The van der Waals surface area contributed by atoms with E-state index in [4.69, 9.17) is 0 Å². The number of likely N-dealkylation sites (N-methyl/N-ethyl adjacent to an activating group) is 1. The van der Waals surface area contributed by atoms with Crippen molar-refractivity contribution in [2.75, 3.05) is 77.6 Å². The summed E-state index contributed by atoms with van der Waals surface area (Å²) in [5.41, 5.74) is 1.14. The number of benzene rings is 1. The first-order valence-corrected chi connectivity index (χ1v) is 10.8. The van der Waals surface area contributed by atoms with Gasteiger partial charge < -0.3 is 20.0 Å². The van der Waals surface area contributed by atoms with E-state index in [9.17, 15) is 14.4 Å². The summed E-state index contributed by atoms with van der Waals surface area (Å²) < 4.78 is 0. The SMILES string of the molecule is CN1CCN(CCNC(=O)CN2C(=O)CSc3ccc(C(=O)N(C)C)cc32)CC1. The van der Waals surface area contributed by atoms with Gasteiger partial charge in [-0.25, -0.2) is 0 Å². The van der Waals surface area contributed by atoms with Crippen molar-refractivity contribution in [1.82, 2.24) is 20.0 Å². The molecule has 1 saturated heterocycles. The van der Waals surface area contributed by atoms with Crippen LogP contribution in [0.3, 0.4) is 0 Å². The molecule has 0 unspecified atom stereocenters. The quantitative estimate of drug-likeness (QED) is 0.710. The van der Waals surface area contributed by atoms with Gasteiger partial charge in [-0.3, -0.25) is 19.3 Å². The van der Waals surface area contributed by atoms with Crippen molar-refractivity contribution in [2.24, 2.45) is 0 Å². The van der Waals surface area contributed by atoms with Crippen molar-refractivity contribution >= 4 is 35.2 Å². The molecule has 0 atom stereocenters. The third-order valence-electron chi connectivity index (χ3n) is 5.20. The Morgan fingerprint density at radius 2 is 1.90 bits per heavy atom. The molecule has 2 heterocycles. The highest BCUT2D eigenvalue weighted by Gasteiger charge is 2.27. The minimum atomic E-state index is -0.185. The van der Waals surface area contributed by atoms with E-state index >= 15 is 0 Å². The zero-order valence-corrected chi connectivity index (χ0v) is 18.1. The van der Waals surface area contributed by atoms with Gasteiger partial charge in [-0.1, -0.05) is 0 Å². The molecule has 8 nitrogen and oxygen atoms in total. The average molecular weight is 420 g/mol. The summed E-state index contributed by atoms with van der Waals surface area (Å²) >= 11 is 1.43. The highest BCUT2D eigenvalue weighted by atomic mass is 32.2. The number of carbonyl (C=O) groups is 3. The monoisotopic (exact) mass is 419 g/mol. The van der Waals surface area contributed by atoms with Gasteiger partial charge in [-0.15, -0.1) is 11.8 Å². The van der Waals surface area contributed by atoms with Crippen LogP contribution >= 0.6 is 11.8 Å². The fraction of sp³-hybridized carbons (Fsp3) is 0.550. The molecule has 1 aromatic rings. The molecule has 1 N–H and O–H groups in total. The number of rotatable bonds is 6. The Balaban J connectivity index is 1.60. The number of amides is 3. The van der Waals surface area contributed by atoms with E-state index in [0.717, 1.165) is 37.6 Å². The number of piperazine rings is 1. The van der Waals surface area contributed by atoms with Crippen molar-refractivity contribution in [1.29, 1.82) is 0 Å². The molecule has 158 valence electrons. The minimum Gasteiger partial charge on any atom is -0.353 e. The Bertz CT molecular complexity index is 777. The van der Waals surface area contributed by atoms with Crippen LogP contribution in [0.1, 0.15) is 10.4 Å². The predicted molar refractivity (Wildman–Crippen MR) is 114 cm³/mol. The minimum absolute atomic E-state index is 0.0330. The van der Waals surface area contributed by atoms with Crippen LogP contribution in [0, 0.1) is 0 Å². The molecule has 1 fully saturated rings. The Morgan fingerprint density at radius 1 is 1.17 bits per heavy atom. The van der Waals surface area contributed by atoms with E-state index in [2.05, 4.69) is 22.2 Å². The molecular weight excluding hydrogens is 390 g/mol. The fourth-order valence-corrected chi connectivity index (χ4v) is 4.31. The summed E-state index contributed by atoms with van der Waals surface area (Å²) in [4.78, 5) is 45.7. The van der Waals surface area contributed by atoms with Gasteiger partial charge in [0.25, 0.3) is 5.91 Å². The van der Waals surface area contributed by atoms with Crippen LogP contribution < -0.4 is 10.2 Å². The van der Waals surface area contributed by atoms with Crippen molar-refractivity contribution in [3.8, 4) is 0 Å². The second kappa shape index (κ2) is 9.60. The molecule has 3 rings (SSSR count). The van der Waals surface area contributed by atoms with Gasteiger partial charge in [0.05, 0.1) is 11.4 Å². The summed E-state index contributed by atoms with van der Waals surface area (Å²) in [5.74, 6) is -0.143. The molecule has 9 heteroatoms. The molecule has 0 bridgehead atoms. The summed E-state index contributed by atoms with van der Waals surface area (Å²) in [6, 6.07) is 5.32. The van der Waals surface area contributed by atoms with Crippen LogP contribution in [-0.2, 0) is 9.59 Å². The Labute approximate surface area is 176 Å². The number of hydrogen-bond donors (Lipinski definition) is 1. The van der Waals surface area contributed by atoms with Crippen molar-refractivity contribution in [3.63, 3.8) is 0 Å². The molecule has 0 spiro atoms. The lowest BCUT2D eigenvalue weighted by Gasteiger charge is -2.32. The average Bonchev–Trinajstić information content (AvgIpc) is 2.70. The molecule has 0 saturated carbocycles. The van der Waals surface area contributed by atoms with E-state index in [1.165, 1.54) is 21.6 Å². The number of thioether (sulfide) groups is 1. The van der Waals surface area contributed by atoms with Crippen LogP contribution in [0.5, 0.6) is 0 Å². The van der Waals surface area contributed by atoms with Crippen LogP contribution in [0.4, 0.5) is 5.69 Å². The van der Waals surface area contributed by atoms with Crippen LogP contribution in [0.15, 0.2) is 23.1 Å². The van der Waals surface area contributed by atoms with E-state index < -0.39 is 0 Å². The van der Waals surface area contributed by atoms with E-state index in [0.29, 0.717) is 23.5 Å². The van der Waals surface area contributed by atoms with E-state index in [1.54, 1.807) is 26.2 Å². The first-order valence-electron chi connectivity index (χ1n) is 9.81. The second-order valence-corrected chi connectivity index (χ2v) is 8.66. The smallest absolute Gasteiger partial charge is 0.253 e. The molecule has 29 heavy (non-hydrogen) atoms. The van der Waals surface area contributed by atoms with Gasteiger partial charge in [-0.05, 0) is 25.2 Å². The molecule has 0 radical (unpaired) electrons. The third kappa shape index (κ3) is 5.49. The normalized spacial score (nSPS) is 17.8. The van der Waals surface area contributed by atoms with Gasteiger partial charge in [0, 0.05) is 63.8 Å². The Hall–Kier alpha value is -2.10. The number of nitrogens with one attached hydrogen (secondary N) is 1. The van der Waals surface area contributed by atoms with Crippen LogP contribution in [-0.4, -0.2) is 105 Å². The lowest BCUT2D eigenvalue weighted by atomic mass is 10.1. The van der Waals surface area contributed by atoms with Crippen molar-refractivity contribution in [3.05, 3.63) is 23.8 Å². The number of nitrogens with zero attached hydrogens (tertiary/aromatic N) is 4. The van der Waals surface area contributed by atoms with E-state index in [1.807, 2.05) is 6.07 Å². The van der Waals surface area contributed by atoms with Gasteiger partial charge in [0.1, 0.15) is 6.54 Å². The zero-order valence-electron chi connectivity index (χ0n) is 17.3. The van der Waals surface area contributed by atoms with Crippen molar-refractivity contribution < 1.29 is 14.4 Å². The lowest BCUT2D eigenvalue weighted by Crippen LogP contribution is -2.48. The first kappa shape index (κ1) is 21.6. The van der Waals surface area contributed by atoms with Gasteiger partial charge >= 0.3 is 0 Å². The maximum atomic E-state index is 12.5. The summed E-state index contributed by atoms with van der Waals surface area (Å²) in [6.07, 6.45) is 0. The highest BCUT2D eigenvalue weighted by molar-refractivity contribution is 8.00. The maximum Gasteiger partial charge on any atom is 0.253 e. The van der Waals surface area contributed by atoms with Gasteiger partial charge in [-0.2, -0.15) is 0 Å². The highest BCUT2D eigenvalue weighted by Crippen LogP contribution is 2.36. The Kier molecular flexibility index (Phi) is 7.15. The first-order chi connectivity index (χ1) is 13.8. The maximum absolute atomic E-state index is 12.5. The van der Waals surface area contributed by atoms with Crippen molar-refractivity contribution in [2.45, 2.75) is 4.90 Å².